The highest BCUT2D eigenvalue weighted by Crippen LogP contribution is 2.20. The number of esters is 1. The number of halogens is 1. The summed E-state index contributed by atoms with van der Waals surface area (Å²) in [6.07, 6.45) is -0.0879. The number of benzene rings is 1. The monoisotopic (exact) mass is 429 g/mol. The zero-order chi connectivity index (χ0) is 21.6. The van der Waals surface area contributed by atoms with Gasteiger partial charge in [-0.3, -0.25) is 18.7 Å². The molecule has 0 amide bonds. The molecule has 0 unspecified atom stereocenters. The molecule has 0 fully saturated rings. The normalized spacial score (nSPS) is 11.5. The predicted molar refractivity (Wildman–Crippen MR) is 113 cm³/mol. The van der Waals surface area contributed by atoms with Gasteiger partial charge < -0.3 is 14.3 Å². The number of aromatic amines is 1. The Kier molecular flexibility index (Phi) is 4.98. The molecule has 3 heterocycles. The van der Waals surface area contributed by atoms with E-state index in [0.717, 1.165) is 15.5 Å². The quantitative estimate of drug-likeness (QED) is 0.486. The van der Waals surface area contributed by atoms with E-state index in [9.17, 15) is 14.4 Å². The summed E-state index contributed by atoms with van der Waals surface area (Å²) in [5.74, 6) is -0.0912. The van der Waals surface area contributed by atoms with Gasteiger partial charge in [-0.1, -0.05) is 11.6 Å². The van der Waals surface area contributed by atoms with Crippen molar-refractivity contribution in [3.63, 3.8) is 0 Å². The van der Waals surface area contributed by atoms with E-state index >= 15 is 0 Å². The number of carbonyl (C=O) groups excluding carboxylic acids is 1. The van der Waals surface area contributed by atoms with Crippen molar-refractivity contribution in [3.8, 4) is 0 Å². The minimum absolute atomic E-state index is 0.0616. The number of nitrogens with zero attached hydrogens (tertiary/aromatic N) is 4. The first-order chi connectivity index (χ1) is 14.3. The lowest BCUT2D eigenvalue weighted by molar-refractivity contribution is -0.142. The van der Waals surface area contributed by atoms with E-state index in [1.807, 2.05) is 18.2 Å². The fraction of sp³-hybridized carbons (Fsp3) is 0.300. The second-order valence-corrected chi connectivity index (χ2v) is 7.44. The first-order valence-electron chi connectivity index (χ1n) is 9.38. The van der Waals surface area contributed by atoms with Crippen LogP contribution in [0, 0.1) is 0 Å². The summed E-state index contributed by atoms with van der Waals surface area (Å²) in [7, 11) is 3.19. The molecule has 3 aromatic heterocycles. The zero-order valence-electron chi connectivity index (χ0n) is 16.7. The van der Waals surface area contributed by atoms with Crippen LogP contribution in [0.4, 0.5) is 0 Å². The summed E-state index contributed by atoms with van der Waals surface area (Å²) < 4.78 is 8.95. The van der Waals surface area contributed by atoms with Crippen LogP contribution in [0.1, 0.15) is 18.4 Å². The first-order valence-corrected chi connectivity index (χ1v) is 9.75. The molecule has 0 atom stereocenters. The van der Waals surface area contributed by atoms with Gasteiger partial charge >= 0.3 is 11.7 Å². The van der Waals surface area contributed by atoms with Gasteiger partial charge in [0.1, 0.15) is 12.2 Å². The van der Waals surface area contributed by atoms with Crippen molar-refractivity contribution < 1.29 is 9.53 Å². The predicted octanol–water partition coefficient (Wildman–Crippen LogP) is 1.72. The highest BCUT2D eigenvalue weighted by atomic mass is 35.5. The first kappa shape index (κ1) is 20.0. The number of carbonyl (C=O) groups is 1. The maximum Gasteiger partial charge on any atom is 0.332 e. The second-order valence-electron chi connectivity index (χ2n) is 7.00. The van der Waals surface area contributed by atoms with Crippen LogP contribution < -0.4 is 11.2 Å². The van der Waals surface area contributed by atoms with Crippen molar-refractivity contribution in [2.24, 2.45) is 14.1 Å². The van der Waals surface area contributed by atoms with Crippen molar-refractivity contribution in [2.45, 2.75) is 19.9 Å². The molecule has 156 valence electrons. The molecule has 9 nitrogen and oxygen atoms in total. The average Bonchev–Trinajstić information content (AvgIpc) is 3.24. The van der Waals surface area contributed by atoms with Gasteiger partial charge in [0.2, 0.25) is 0 Å². The van der Waals surface area contributed by atoms with Crippen LogP contribution in [0.5, 0.6) is 0 Å². The van der Waals surface area contributed by atoms with E-state index in [1.54, 1.807) is 27.1 Å². The molecule has 0 aliphatic heterocycles. The number of imidazole rings is 1. The summed E-state index contributed by atoms with van der Waals surface area (Å²) in [5.41, 5.74) is 1.05. The minimum atomic E-state index is -0.495. The van der Waals surface area contributed by atoms with E-state index in [1.165, 1.54) is 9.13 Å². The number of hydrogen-bond acceptors (Lipinski definition) is 5. The Bertz CT molecular complexity index is 1410. The lowest BCUT2D eigenvalue weighted by Gasteiger charge is -2.07. The van der Waals surface area contributed by atoms with Crippen molar-refractivity contribution in [1.29, 1.82) is 0 Å². The van der Waals surface area contributed by atoms with Gasteiger partial charge in [-0.15, -0.1) is 0 Å². The van der Waals surface area contributed by atoms with Gasteiger partial charge in [-0.05, 0) is 31.2 Å². The lowest BCUT2D eigenvalue weighted by atomic mass is 10.2. The Balaban J connectivity index is 1.82. The van der Waals surface area contributed by atoms with Gasteiger partial charge in [0.05, 0.1) is 13.2 Å². The highest BCUT2D eigenvalue weighted by molar-refractivity contribution is 6.31. The topological polar surface area (TPSA) is 104 Å². The molecule has 0 saturated heterocycles. The van der Waals surface area contributed by atoms with Gasteiger partial charge in [0, 0.05) is 35.7 Å². The summed E-state index contributed by atoms with van der Waals surface area (Å²) in [5, 5.41) is 1.49. The Morgan fingerprint density at radius 1 is 1.20 bits per heavy atom. The second kappa shape index (κ2) is 7.49. The Morgan fingerprint density at radius 3 is 2.70 bits per heavy atom. The van der Waals surface area contributed by atoms with Crippen molar-refractivity contribution in [2.75, 3.05) is 6.61 Å². The molecule has 0 aliphatic rings. The van der Waals surface area contributed by atoms with Crippen LogP contribution in [0.25, 0.3) is 22.1 Å². The fourth-order valence-corrected chi connectivity index (χ4v) is 3.73. The lowest BCUT2D eigenvalue weighted by Crippen LogP contribution is -2.39. The van der Waals surface area contributed by atoms with Crippen LogP contribution in [0.15, 0.2) is 33.9 Å². The summed E-state index contributed by atoms with van der Waals surface area (Å²) in [6, 6.07) is 7.27. The summed E-state index contributed by atoms with van der Waals surface area (Å²) in [4.78, 5) is 45.4. The van der Waals surface area contributed by atoms with Gasteiger partial charge in [0.25, 0.3) is 5.56 Å². The molecular weight excluding hydrogens is 410 g/mol. The fourth-order valence-electron chi connectivity index (χ4n) is 3.55. The van der Waals surface area contributed by atoms with Crippen LogP contribution in [0.2, 0.25) is 5.02 Å². The number of aryl methyl sites for hydroxylation is 2. The molecule has 0 aliphatic carbocycles. The number of rotatable bonds is 5. The molecule has 10 heteroatoms. The molecule has 0 saturated carbocycles. The number of nitrogens with one attached hydrogen (secondary N) is 1. The van der Waals surface area contributed by atoms with E-state index < -0.39 is 17.2 Å². The van der Waals surface area contributed by atoms with E-state index in [2.05, 4.69) is 9.97 Å². The SMILES string of the molecule is CCOC(=O)Cc1nc2c(c(=O)n(Cc3cc4cc(Cl)ccc4[nH]3)c(=O)n2C)n1C. The number of H-pyrrole nitrogens is 1. The largest absolute Gasteiger partial charge is 0.466 e. The summed E-state index contributed by atoms with van der Waals surface area (Å²) in [6.45, 7) is 2.03. The third kappa shape index (κ3) is 3.30. The molecule has 1 aromatic carbocycles. The minimum Gasteiger partial charge on any atom is -0.466 e. The van der Waals surface area contributed by atoms with E-state index in [4.69, 9.17) is 16.3 Å². The van der Waals surface area contributed by atoms with Crippen LogP contribution >= 0.6 is 11.6 Å². The maximum atomic E-state index is 13.2. The van der Waals surface area contributed by atoms with E-state index in [-0.39, 0.29) is 30.7 Å². The Hall–Kier alpha value is -3.33. The van der Waals surface area contributed by atoms with Crippen molar-refractivity contribution >= 4 is 39.6 Å². The van der Waals surface area contributed by atoms with Crippen LogP contribution in [-0.2, 0) is 36.6 Å². The Morgan fingerprint density at radius 2 is 1.97 bits per heavy atom. The maximum absolute atomic E-state index is 13.2. The number of ether oxygens (including phenoxy) is 1. The molecule has 4 aromatic rings. The third-order valence-corrected chi connectivity index (χ3v) is 5.26. The van der Waals surface area contributed by atoms with Crippen molar-refractivity contribution in [3.05, 3.63) is 61.6 Å². The van der Waals surface area contributed by atoms with Crippen LogP contribution in [0.3, 0.4) is 0 Å². The molecule has 4 rings (SSSR count). The molecule has 0 radical (unpaired) electrons. The molecule has 0 bridgehead atoms. The van der Waals surface area contributed by atoms with Crippen LogP contribution in [-0.4, -0.2) is 36.2 Å². The Labute approximate surface area is 175 Å². The molecule has 1 N–H and O–H groups in total. The molecule has 0 spiro atoms. The zero-order valence-corrected chi connectivity index (χ0v) is 17.5. The van der Waals surface area contributed by atoms with Gasteiger partial charge in [-0.25, -0.2) is 9.78 Å². The number of hydrogen-bond donors (Lipinski definition) is 1. The van der Waals surface area contributed by atoms with Crippen molar-refractivity contribution in [1.82, 2.24) is 23.7 Å². The molecular formula is C20H20ClN5O4. The average molecular weight is 430 g/mol. The van der Waals surface area contributed by atoms with Gasteiger partial charge in [-0.2, -0.15) is 0 Å². The third-order valence-electron chi connectivity index (χ3n) is 5.03. The number of fused-ring (bicyclic) bond motifs is 2. The smallest absolute Gasteiger partial charge is 0.332 e. The standard InChI is InChI=1S/C20H20ClN5O4/c1-4-30-16(27)9-15-23-18-17(24(15)2)19(28)26(20(29)25(18)3)10-13-8-11-7-12(21)5-6-14(11)22-13/h5-8,22H,4,9-10H2,1-3H3. The number of aromatic nitrogens is 5. The van der Waals surface area contributed by atoms with Gasteiger partial charge in [0.15, 0.2) is 11.2 Å². The molecule has 30 heavy (non-hydrogen) atoms. The van der Waals surface area contributed by atoms with E-state index in [0.29, 0.717) is 16.5 Å². The highest BCUT2D eigenvalue weighted by Gasteiger charge is 2.20. The summed E-state index contributed by atoms with van der Waals surface area (Å²) >= 11 is 6.04.